The minimum atomic E-state index is -1.11. The molecule has 1 aliphatic rings. The van der Waals surface area contributed by atoms with E-state index in [0.717, 1.165) is 25.7 Å². The van der Waals surface area contributed by atoms with Gasteiger partial charge in [-0.2, -0.15) is 0 Å². The smallest absolute Gasteiger partial charge is 0.331 e. The van der Waals surface area contributed by atoms with Crippen molar-refractivity contribution in [3.05, 3.63) is 29.8 Å². The summed E-state index contributed by atoms with van der Waals surface area (Å²) in [5.41, 5.74) is 0.668. The van der Waals surface area contributed by atoms with E-state index in [-0.39, 0.29) is 6.04 Å². The molecule has 1 saturated carbocycles. The molecule has 0 heterocycles. The van der Waals surface area contributed by atoms with Crippen molar-refractivity contribution in [3.63, 3.8) is 0 Å². The van der Waals surface area contributed by atoms with Crippen LogP contribution in [0.4, 0.5) is 4.79 Å². The van der Waals surface area contributed by atoms with Gasteiger partial charge < -0.3 is 19.5 Å². The van der Waals surface area contributed by atoms with Crippen molar-refractivity contribution in [1.29, 1.82) is 0 Å². The monoisotopic (exact) mass is 390 g/mol. The normalized spacial score (nSPS) is 15.1. The van der Waals surface area contributed by atoms with Gasteiger partial charge in [-0.1, -0.05) is 12.8 Å². The van der Waals surface area contributed by atoms with Gasteiger partial charge in [-0.15, -0.1) is 0 Å². The summed E-state index contributed by atoms with van der Waals surface area (Å²) in [7, 11) is 3.05. The zero-order valence-electron chi connectivity index (χ0n) is 16.3. The van der Waals surface area contributed by atoms with Gasteiger partial charge in [-0.25, -0.2) is 9.59 Å². The van der Waals surface area contributed by atoms with Crippen LogP contribution in [0.1, 0.15) is 38.2 Å². The highest BCUT2D eigenvalue weighted by Gasteiger charge is 2.22. The van der Waals surface area contributed by atoms with Crippen LogP contribution in [0.2, 0.25) is 0 Å². The highest BCUT2D eigenvalue weighted by atomic mass is 16.5. The Labute approximate surface area is 164 Å². The first-order chi connectivity index (χ1) is 13.4. The molecule has 0 radical (unpaired) electrons. The molecule has 1 aromatic rings. The van der Waals surface area contributed by atoms with E-state index in [9.17, 15) is 14.4 Å². The van der Waals surface area contributed by atoms with Crippen LogP contribution >= 0.6 is 0 Å². The first-order valence-corrected chi connectivity index (χ1v) is 9.14. The number of hydrogen-bond donors (Lipinski definition) is 2. The fourth-order valence-electron chi connectivity index (χ4n) is 2.86. The summed E-state index contributed by atoms with van der Waals surface area (Å²) in [5, 5.41) is 4.93. The quantitative estimate of drug-likeness (QED) is 0.547. The summed E-state index contributed by atoms with van der Waals surface area (Å²) in [4.78, 5) is 35.8. The largest absolute Gasteiger partial charge is 0.497 e. The first kappa shape index (κ1) is 21.3. The molecule has 3 amide bonds. The molecule has 1 fully saturated rings. The Balaban J connectivity index is 1.84. The Kier molecular flexibility index (Phi) is 7.86. The number of esters is 1. The van der Waals surface area contributed by atoms with Gasteiger partial charge in [0.05, 0.1) is 14.2 Å². The van der Waals surface area contributed by atoms with E-state index in [0.29, 0.717) is 17.1 Å². The molecule has 8 heteroatoms. The maximum atomic E-state index is 12.0. The fourth-order valence-corrected chi connectivity index (χ4v) is 2.86. The third-order valence-electron chi connectivity index (χ3n) is 4.37. The van der Waals surface area contributed by atoms with E-state index < -0.39 is 24.0 Å². The molecule has 1 atom stereocenters. The van der Waals surface area contributed by atoms with E-state index >= 15 is 0 Å². The van der Waals surface area contributed by atoms with Gasteiger partial charge in [-0.05, 0) is 43.5 Å². The topological polar surface area (TPSA) is 103 Å². The molecule has 8 nitrogen and oxygen atoms in total. The maximum absolute atomic E-state index is 12.0. The zero-order chi connectivity index (χ0) is 20.5. The van der Waals surface area contributed by atoms with E-state index in [2.05, 4.69) is 10.6 Å². The van der Waals surface area contributed by atoms with Crippen molar-refractivity contribution >= 4 is 24.0 Å². The molecule has 0 unspecified atom stereocenters. The number of ether oxygens (including phenoxy) is 3. The number of amides is 3. The molecule has 0 aliphatic heterocycles. The lowest BCUT2D eigenvalue weighted by Gasteiger charge is -2.15. The predicted molar refractivity (Wildman–Crippen MR) is 103 cm³/mol. The van der Waals surface area contributed by atoms with Crippen molar-refractivity contribution in [3.8, 4) is 11.5 Å². The second-order valence-electron chi connectivity index (χ2n) is 6.50. The molecule has 1 aliphatic carbocycles. The minimum Gasteiger partial charge on any atom is -0.497 e. The highest BCUT2D eigenvalue weighted by molar-refractivity contribution is 5.98. The lowest BCUT2D eigenvalue weighted by Crippen LogP contribution is -2.47. The van der Waals surface area contributed by atoms with E-state index in [1.54, 1.807) is 18.2 Å². The van der Waals surface area contributed by atoms with E-state index in [1.807, 2.05) is 0 Å². The van der Waals surface area contributed by atoms with Crippen molar-refractivity contribution in [1.82, 2.24) is 10.6 Å². The Morgan fingerprint density at radius 2 is 1.68 bits per heavy atom. The molecule has 0 bridgehead atoms. The second kappa shape index (κ2) is 10.3. The average Bonchev–Trinajstić information content (AvgIpc) is 3.18. The van der Waals surface area contributed by atoms with Crippen LogP contribution < -0.4 is 20.1 Å². The van der Waals surface area contributed by atoms with Crippen LogP contribution in [-0.2, 0) is 14.3 Å². The second-order valence-corrected chi connectivity index (χ2v) is 6.50. The summed E-state index contributed by atoms with van der Waals surface area (Å²) in [6.45, 7) is 1.40. The van der Waals surface area contributed by atoms with Crippen LogP contribution in [0.5, 0.6) is 11.5 Å². The molecular weight excluding hydrogens is 364 g/mol. The summed E-state index contributed by atoms with van der Waals surface area (Å²) >= 11 is 0. The summed E-state index contributed by atoms with van der Waals surface area (Å²) in [6, 6.07) is 4.66. The molecular formula is C20H26N2O6. The Hall–Kier alpha value is -3.03. The minimum absolute atomic E-state index is 0.0912. The molecule has 152 valence electrons. The Bertz CT molecular complexity index is 718. The third kappa shape index (κ3) is 6.61. The number of rotatable bonds is 7. The number of urea groups is 1. The lowest BCUT2D eigenvalue weighted by molar-refractivity contribution is -0.149. The SMILES string of the molecule is COc1cc(/C=C/C(=O)O[C@@H](C)C(=O)NC(=O)NC2CCCC2)cc(OC)c1. The predicted octanol–water partition coefficient (Wildman–Crippen LogP) is 2.42. The number of imide groups is 1. The Morgan fingerprint density at radius 1 is 1.07 bits per heavy atom. The van der Waals surface area contributed by atoms with Gasteiger partial charge in [0.1, 0.15) is 11.5 Å². The molecule has 2 N–H and O–H groups in total. The third-order valence-corrected chi connectivity index (χ3v) is 4.37. The summed E-state index contributed by atoms with van der Waals surface area (Å²) < 4.78 is 15.4. The van der Waals surface area contributed by atoms with Crippen LogP contribution in [-0.4, -0.2) is 44.3 Å². The van der Waals surface area contributed by atoms with Gasteiger partial charge in [0.2, 0.25) is 0 Å². The maximum Gasteiger partial charge on any atom is 0.331 e. The number of benzene rings is 1. The molecule has 0 saturated heterocycles. The zero-order valence-corrected chi connectivity index (χ0v) is 16.3. The lowest BCUT2D eigenvalue weighted by atomic mass is 10.2. The molecule has 2 rings (SSSR count). The molecule has 0 spiro atoms. The van der Waals surface area contributed by atoms with E-state index in [1.165, 1.54) is 33.3 Å². The van der Waals surface area contributed by atoms with Crippen molar-refractivity contribution in [2.45, 2.75) is 44.8 Å². The van der Waals surface area contributed by atoms with Gasteiger partial charge in [0.15, 0.2) is 6.10 Å². The van der Waals surface area contributed by atoms with Gasteiger partial charge in [-0.3, -0.25) is 10.1 Å². The van der Waals surface area contributed by atoms with Crippen molar-refractivity contribution < 1.29 is 28.6 Å². The Morgan fingerprint density at radius 3 is 2.25 bits per heavy atom. The summed E-state index contributed by atoms with van der Waals surface area (Å²) in [5.74, 6) is -0.234. The van der Waals surface area contributed by atoms with Crippen molar-refractivity contribution in [2.24, 2.45) is 0 Å². The first-order valence-electron chi connectivity index (χ1n) is 9.14. The number of carbonyl (C=O) groups excluding carboxylic acids is 3. The number of nitrogens with one attached hydrogen (secondary N) is 2. The highest BCUT2D eigenvalue weighted by Crippen LogP contribution is 2.23. The fraction of sp³-hybridized carbons (Fsp3) is 0.450. The van der Waals surface area contributed by atoms with Crippen LogP contribution in [0.3, 0.4) is 0 Å². The molecule has 28 heavy (non-hydrogen) atoms. The van der Waals surface area contributed by atoms with Crippen LogP contribution in [0.25, 0.3) is 6.08 Å². The van der Waals surface area contributed by atoms with Gasteiger partial charge >= 0.3 is 12.0 Å². The van der Waals surface area contributed by atoms with Crippen LogP contribution in [0, 0.1) is 0 Å². The molecule has 0 aromatic heterocycles. The average molecular weight is 390 g/mol. The number of methoxy groups -OCH3 is 2. The van der Waals surface area contributed by atoms with E-state index in [4.69, 9.17) is 14.2 Å². The van der Waals surface area contributed by atoms with Crippen molar-refractivity contribution in [2.75, 3.05) is 14.2 Å². The molecule has 1 aromatic carbocycles. The van der Waals surface area contributed by atoms with Crippen LogP contribution in [0.15, 0.2) is 24.3 Å². The number of carbonyl (C=O) groups is 3. The standard InChI is InChI=1S/C20H26N2O6/c1-13(19(24)22-20(25)21-15-6-4-5-7-15)28-18(23)9-8-14-10-16(26-2)12-17(11-14)27-3/h8-13,15H,4-7H2,1-3H3,(H2,21,22,24,25)/b9-8+/t13-/m0/s1. The van der Waals surface area contributed by atoms with Gasteiger partial charge in [0, 0.05) is 18.2 Å². The number of hydrogen-bond acceptors (Lipinski definition) is 6. The van der Waals surface area contributed by atoms with Gasteiger partial charge in [0.25, 0.3) is 5.91 Å². The summed E-state index contributed by atoms with van der Waals surface area (Å²) in [6.07, 6.45) is 5.56.